The fraction of sp³-hybridized carbons (Fsp3) is 0.452. The highest BCUT2D eigenvalue weighted by molar-refractivity contribution is 6.05. The monoisotopic (exact) mass is 564 g/mol. The third-order valence-corrected chi connectivity index (χ3v) is 6.38. The number of nitrogens with zero attached hydrogens (tertiary/aromatic N) is 3. The second kappa shape index (κ2) is 14.8. The smallest absolute Gasteiger partial charge is 0.255 e. The van der Waals surface area contributed by atoms with Gasteiger partial charge < -0.3 is 24.9 Å². The largest absolute Gasteiger partial charge is 0.491 e. The molecule has 1 aromatic heterocycles. The molecule has 1 aliphatic heterocycles. The highest BCUT2D eigenvalue weighted by Gasteiger charge is 2.22. The number of hydroxylamine groups is 1. The molecule has 0 aliphatic carbocycles. The Labute approximate surface area is 243 Å². The van der Waals surface area contributed by atoms with Crippen molar-refractivity contribution in [3.05, 3.63) is 65.1 Å². The summed E-state index contributed by atoms with van der Waals surface area (Å²) < 4.78 is 11.7. The lowest BCUT2D eigenvalue weighted by molar-refractivity contribution is 0.102. The minimum absolute atomic E-state index is 0.177. The van der Waals surface area contributed by atoms with Gasteiger partial charge in [0.05, 0.1) is 19.3 Å². The van der Waals surface area contributed by atoms with Gasteiger partial charge in [-0.25, -0.2) is 4.98 Å². The minimum atomic E-state index is -0.301. The number of anilines is 1. The summed E-state index contributed by atoms with van der Waals surface area (Å²) in [4.78, 5) is 30.3. The first-order valence-electron chi connectivity index (χ1n) is 14.1. The maximum absolute atomic E-state index is 13.4. The van der Waals surface area contributed by atoms with Crippen molar-refractivity contribution < 1.29 is 19.1 Å². The average molecular weight is 565 g/mol. The molecule has 3 N–H and O–H groups in total. The average Bonchev–Trinajstić information content (AvgIpc) is 2.94. The van der Waals surface area contributed by atoms with E-state index in [1.165, 1.54) is 0 Å². The van der Waals surface area contributed by atoms with Gasteiger partial charge in [0.2, 0.25) is 5.88 Å². The van der Waals surface area contributed by atoms with E-state index in [-0.39, 0.29) is 11.3 Å². The number of nitrogens with one attached hydrogen (secondary N) is 3. The SMILES string of the molecule is CC.CNOc1cc(C(C)(C)C)cc(NC(=O)c2cc(C)cc(Oc3ccnc(CN4CCNCC4)n3)c2)c1OC. The van der Waals surface area contributed by atoms with Crippen LogP contribution in [0.3, 0.4) is 0 Å². The Morgan fingerprint density at radius 2 is 1.83 bits per heavy atom. The van der Waals surface area contributed by atoms with E-state index < -0.39 is 0 Å². The number of amides is 1. The van der Waals surface area contributed by atoms with E-state index in [0.717, 1.165) is 37.3 Å². The van der Waals surface area contributed by atoms with E-state index in [1.807, 2.05) is 45.0 Å². The lowest BCUT2D eigenvalue weighted by Crippen LogP contribution is -2.43. The van der Waals surface area contributed by atoms with Crippen LogP contribution in [0.4, 0.5) is 5.69 Å². The van der Waals surface area contributed by atoms with Crippen molar-refractivity contribution in [3.8, 4) is 23.1 Å². The van der Waals surface area contributed by atoms with Gasteiger partial charge in [-0.3, -0.25) is 9.69 Å². The molecule has 0 unspecified atom stereocenters. The minimum Gasteiger partial charge on any atom is -0.491 e. The zero-order valence-electron chi connectivity index (χ0n) is 25.6. The van der Waals surface area contributed by atoms with E-state index in [9.17, 15) is 4.79 Å². The third kappa shape index (κ3) is 8.88. The molecular formula is C31H44N6O4. The number of ether oxygens (including phenoxy) is 2. The highest BCUT2D eigenvalue weighted by Crippen LogP contribution is 2.40. The maximum atomic E-state index is 13.4. The van der Waals surface area contributed by atoms with Crippen molar-refractivity contribution in [2.75, 3.05) is 45.7 Å². The fourth-order valence-electron chi connectivity index (χ4n) is 4.36. The predicted octanol–water partition coefficient (Wildman–Crippen LogP) is 5.08. The fourth-order valence-corrected chi connectivity index (χ4v) is 4.36. The molecule has 2 aromatic carbocycles. The van der Waals surface area contributed by atoms with Crippen LogP contribution in [0.1, 0.15) is 61.9 Å². The third-order valence-electron chi connectivity index (χ3n) is 6.38. The van der Waals surface area contributed by atoms with Crippen LogP contribution in [0.5, 0.6) is 23.1 Å². The molecule has 0 saturated carbocycles. The number of hydrogen-bond donors (Lipinski definition) is 3. The molecular weight excluding hydrogens is 520 g/mol. The standard InChI is InChI=1S/C29H38N6O4.C2H6/c1-19-13-20(28(36)33-23-16-21(29(2,3)4)17-24(39-30-5)27(23)37-6)15-22(14-19)38-26-7-8-32-25(34-26)18-35-11-9-31-10-12-35;1-2/h7-8,13-17,30-31H,9-12,18H2,1-6H3,(H,33,36);1-2H3. The zero-order valence-corrected chi connectivity index (χ0v) is 25.6. The number of hydrogen-bond acceptors (Lipinski definition) is 9. The number of rotatable bonds is 9. The highest BCUT2D eigenvalue weighted by atomic mass is 16.7. The van der Waals surface area contributed by atoms with Crippen LogP contribution in [-0.2, 0) is 12.0 Å². The van der Waals surface area contributed by atoms with Gasteiger partial charge >= 0.3 is 0 Å². The van der Waals surface area contributed by atoms with Crippen LogP contribution >= 0.6 is 0 Å². The Hall–Kier alpha value is -3.73. The van der Waals surface area contributed by atoms with E-state index >= 15 is 0 Å². The molecule has 4 rings (SSSR count). The molecule has 2 heterocycles. The van der Waals surface area contributed by atoms with Crippen LogP contribution in [0.2, 0.25) is 0 Å². The Morgan fingerprint density at radius 3 is 2.49 bits per heavy atom. The molecule has 0 spiro atoms. The summed E-state index contributed by atoms with van der Waals surface area (Å²) in [5.41, 5.74) is 5.33. The molecule has 1 aliphatic rings. The molecule has 0 atom stereocenters. The molecule has 3 aromatic rings. The summed E-state index contributed by atoms with van der Waals surface area (Å²) >= 11 is 0. The molecule has 0 radical (unpaired) electrons. The van der Waals surface area contributed by atoms with Gasteiger partial charge in [0.15, 0.2) is 11.5 Å². The number of benzene rings is 2. The lowest BCUT2D eigenvalue weighted by atomic mass is 9.86. The molecule has 222 valence electrons. The predicted molar refractivity (Wildman–Crippen MR) is 162 cm³/mol. The van der Waals surface area contributed by atoms with Crippen LogP contribution in [0, 0.1) is 6.92 Å². The van der Waals surface area contributed by atoms with E-state index in [2.05, 4.69) is 51.8 Å². The number of aryl methyl sites for hydroxylation is 1. The van der Waals surface area contributed by atoms with Crippen molar-refractivity contribution in [2.45, 2.75) is 53.5 Å². The first kappa shape index (κ1) is 31.8. The zero-order chi connectivity index (χ0) is 30.0. The van der Waals surface area contributed by atoms with Crippen LogP contribution in [0.25, 0.3) is 0 Å². The number of aromatic nitrogens is 2. The molecule has 41 heavy (non-hydrogen) atoms. The van der Waals surface area contributed by atoms with Gasteiger partial charge in [0.25, 0.3) is 5.91 Å². The summed E-state index contributed by atoms with van der Waals surface area (Å²) in [5.74, 6) is 2.25. The van der Waals surface area contributed by atoms with Crippen molar-refractivity contribution in [3.63, 3.8) is 0 Å². The van der Waals surface area contributed by atoms with Gasteiger partial charge in [-0.05, 0) is 53.8 Å². The topological polar surface area (TPSA) is 110 Å². The Morgan fingerprint density at radius 1 is 1.10 bits per heavy atom. The van der Waals surface area contributed by atoms with E-state index in [1.54, 1.807) is 32.5 Å². The molecule has 10 nitrogen and oxygen atoms in total. The van der Waals surface area contributed by atoms with Crippen LogP contribution < -0.4 is 30.4 Å². The van der Waals surface area contributed by atoms with E-state index in [0.29, 0.717) is 46.7 Å². The number of carbonyl (C=O) groups excluding carboxylic acids is 1. The van der Waals surface area contributed by atoms with Gasteiger partial charge in [0.1, 0.15) is 11.6 Å². The summed E-state index contributed by atoms with van der Waals surface area (Å²) in [7, 11) is 3.21. The van der Waals surface area contributed by atoms with Crippen molar-refractivity contribution in [1.82, 2.24) is 25.7 Å². The molecule has 0 bridgehead atoms. The second-order valence-corrected chi connectivity index (χ2v) is 10.5. The molecule has 10 heteroatoms. The quantitative estimate of drug-likeness (QED) is 0.307. The Kier molecular flexibility index (Phi) is 11.5. The van der Waals surface area contributed by atoms with Crippen molar-refractivity contribution >= 4 is 11.6 Å². The molecule has 1 amide bonds. The van der Waals surface area contributed by atoms with Crippen molar-refractivity contribution in [2.24, 2.45) is 0 Å². The second-order valence-electron chi connectivity index (χ2n) is 10.5. The Bertz CT molecular complexity index is 1300. The van der Waals surface area contributed by atoms with Gasteiger partial charge in [-0.15, -0.1) is 0 Å². The van der Waals surface area contributed by atoms with Crippen LogP contribution in [-0.4, -0.2) is 61.1 Å². The summed E-state index contributed by atoms with van der Waals surface area (Å²) in [6.07, 6.45) is 1.70. The normalized spacial score (nSPS) is 13.6. The van der Waals surface area contributed by atoms with E-state index in [4.69, 9.17) is 14.3 Å². The first-order chi connectivity index (χ1) is 19.7. The van der Waals surface area contributed by atoms with Gasteiger partial charge in [-0.2, -0.15) is 10.5 Å². The van der Waals surface area contributed by atoms with Crippen LogP contribution in [0.15, 0.2) is 42.6 Å². The Balaban J connectivity index is 0.00000226. The summed E-state index contributed by atoms with van der Waals surface area (Å²) in [6.45, 7) is 16.7. The summed E-state index contributed by atoms with van der Waals surface area (Å²) in [5, 5.41) is 6.35. The molecule has 1 fully saturated rings. The number of carbonyl (C=O) groups is 1. The number of piperazine rings is 1. The van der Waals surface area contributed by atoms with Gasteiger partial charge in [-0.1, -0.05) is 34.6 Å². The van der Waals surface area contributed by atoms with Crippen molar-refractivity contribution in [1.29, 1.82) is 0 Å². The van der Waals surface area contributed by atoms with Gasteiger partial charge in [0, 0.05) is 51.1 Å². The summed E-state index contributed by atoms with van der Waals surface area (Å²) in [6, 6.07) is 10.9. The maximum Gasteiger partial charge on any atom is 0.255 e. The number of methoxy groups -OCH3 is 1. The lowest BCUT2D eigenvalue weighted by Gasteiger charge is -2.26. The first-order valence-corrected chi connectivity index (χ1v) is 14.1. The molecule has 1 saturated heterocycles.